The van der Waals surface area contributed by atoms with E-state index in [4.69, 9.17) is 4.74 Å². The van der Waals surface area contributed by atoms with Gasteiger partial charge in [0.15, 0.2) is 0 Å². The van der Waals surface area contributed by atoms with Crippen LogP contribution in [0.3, 0.4) is 0 Å². The van der Waals surface area contributed by atoms with E-state index >= 15 is 0 Å². The SMILES string of the molecule is COc1ccc(C)cc1NC1CCc2c(Br)cccc21. The molecule has 0 saturated heterocycles. The molecule has 2 aromatic carbocycles. The van der Waals surface area contributed by atoms with Crippen LogP contribution in [0.5, 0.6) is 5.75 Å². The average molecular weight is 332 g/mol. The van der Waals surface area contributed by atoms with Gasteiger partial charge < -0.3 is 10.1 Å². The molecule has 0 radical (unpaired) electrons. The van der Waals surface area contributed by atoms with E-state index in [1.165, 1.54) is 21.2 Å². The Kier molecular flexibility index (Phi) is 3.70. The summed E-state index contributed by atoms with van der Waals surface area (Å²) in [7, 11) is 1.72. The minimum Gasteiger partial charge on any atom is -0.495 e. The second-order valence-electron chi connectivity index (χ2n) is 5.25. The number of halogens is 1. The summed E-state index contributed by atoms with van der Waals surface area (Å²) in [6, 6.07) is 13.0. The van der Waals surface area contributed by atoms with Crippen molar-refractivity contribution in [2.75, 3.05) is 12.4 Å². The van der Waals surface area contributed by atoms with Gasteiger partial charge in [-0.2, -0.15) is 0 Å². The molecule has 3 heteroatoms. The maximum Gasteiger partial charge on any atom is 0.141 e. The summed E-state index contributed by atoms with van der Waals surface area (Å²) < 4.78 is 6.67. The van der Waals surface area contributed by atoms with Crippen LogP contribution in [0.4, 0.5) is 5.69 Å². The number of nitrogens with one attached hydrogen (secondary N) is 1. The molecule has 1 aliphatic carbocycles. The van der Waals surface area contributed by atoms with Crippen LogP contribution < -0.4 is 10.1 Å². The van der Waals surface area contributed by atoms with Crippen molar-refractivity contribution in [3.05, 3.63) is 57.6 Å². The molecule has 2 aromatic rings. The van der Waals surface area contributed by atoms with Crippen molar-refractivity contribution in [2.45, 2.75) is 25.8 Å². The van der Waals surface area contributed by atoms with Gasteiger partial charge in [0.05, 0.1) is 18.8 Å². The molecule has 0 bridgehead atoms. The lowest BCUT2D eigenvalue weighted by atomic mass is 10.1. The second-order valence-corrected chi connectivity index (χ2v) is 6.10. The van der Waals surface area contributed by atoms with Crippen molar-refractivity contribution in [2.24, 2.45) is 0 Å². The predicted octanol–water partition coefficient (Wildman–Crippen LogP) is 4.87. The summed E-state index contributed by atoms with van der Waals surface area (Å²) in [4.78, 5) is 0. The smallest absolute Gasteiger partial charge is 0.141 e. The van der Waals surface area contributed by atoms with Gasteiger partial charge in [0.1, 0.15) is 5.75 Å². The van der Waals surface area contributed by atoms with Gasteiger partial charge in [-0.1, -0.05) is 34.1 Å². The Morgan fingerprint density at radius 2 is 2.10 bits per heavy atom. The van der Waals surface area contributed by atoms with Crippen molar-refractivity contribution in [3.8, 4) is 5.75 Å². The Bertz CT molecular complexity index is 639. The zero-order chi connectivity index (χ0) is 14.1. The Hall–Kier alpha value is -1.48. The highest BCUT2D eigenvalue weighted by Gasteiger charge is 2.24. The Morgan fingerprint density at radius 1 is 1.25 bits per heavy atom. The van der Waals surface area contributed by atoms with E-state index in [0.717, 1.165) is 24.3 Å². The van der Waals surface area contributed by atoms with Crippen molar-refractivity contribution in [1.29, 1.82) is 0 Å². The summed E-state index contributed by atoms with van der Waals surface area (Å²) >= 11 is 3.65. The molecule has 1 unspecified atom stereocenters. The van der Waals surface area contributed by atoms with Crippen LogP contribution in [0, 0.1) is 6.92 Å². The van der Waals surface area contributed by atoms with E-state index in [2.05, 4.69) is 58.5 Å². The molecular formula is C17H18BrNO. The zero-order valence-corrected chi connectivity index (χ0v) is 13.3. The third-order valence-corrected chi connectivity index (χ3v) is 4.64. The van der Waals surface area contributed by atoms with Gasteiger partial charge in [0, 0.05) is 4.47 Å². The van der Waals surface area contributed by atoms with E-state index in [-0.39, 0.29) is 0 Å². The van der Waals surface area contributed by atoms with Crippen LogP contribution >= 0.6 is 15.9 Å². The first kappa shape index (κ1) is 13.5. The molecule has 0 spiro atoms. The summed E-state index contributed by atoms with van der Waals surface area (Å²) in [5.74, 6) is 0.902. The van der Waals surface area contributed by atoms with Crippen LogP contribution in [0.1, 0.15) is 29.2 Å². The molecule has 1 N–H and O–H groups in total. The summed E-state index contributed by atoms with van der Waals surface area (Å²) in [5, 5.41) is 3.64. The molecule has 0 amide bonds. The molecule has 3 rings (SSSR count). The first-order valence-corrected chi connectivity index (χ1v) is 7.67. The number of methoxy groups -OCH3 is 1. The number of fused-ring (bicyclic) bond motifs is 1. The highest BCUT2D eigenvalue weighted by Crippen LogP contribution is 2.39. The third-order valence-electron chi connectivity index (χ3n) is 3.90. The van der Waals surface area contributed by atoms with Crippen LogP contribution in [0.25, 0.3) is 0 Å². The lowest BCUT2D eigenvalue weighted by Gasteiger charge is -2.18. The molecule has 0 aromatic heterocycles. The lowest BCUT2D eigenvalue weighted by molar-refractivity contribution is 0.416. The molecule has 0 heterocycles. The van der Waals surface area contributed by atoms with Gasteiger partial charge in [-0.15, -0.1) is 0 Å². The first-order valence-electron chi connectivity index (χ1n) is 6.87. The molecular weight excluding hydrogens is 314 g/mol. The number of benzene rings is 2. The fraction of sp³-hybridized carbons (Fsp3) is 0.294. The quantitative estimate of drug-likeness (QED) is 0.866. The van der Waals surface area contributed by atoms with E-state index in [1.54, 1.807) is 7.11 Å². The van der Waals surface area contributed by atoms with Crippen molar-refractivity contribution in [1.82, 2.24) is 0 Å². The van der Waals surface area contributed by atoms with Gasteiger partial charge >= 0.3 is 0 Å². The van der Waals surface area contributed by atoms with Crippen LogP contribution in [0.15, 0.2) is 40.9 Å². The standard InChI is InChI=1S/C17H18BrNO/c1-11-6-9-17(20-2)16(10-11)19-15-8-7-12-13(15)4-3-5-14(12)18/h3-6,9-10,15,19H,7-8H2,1-2H3. The maximum atomic E-state index is 5.45. The van der Waals surface area contributed by atoms with Gasteiger partial charge in [-0.05, 0) is 54.7 Å². The number of ether oxygens (including phenoxy) is 1. The van der Waals surface area contributed by atoms with E-state index < -0.39 is 0 Å². The van der Waals surface area contributed by atoms with Crippen molar-refractivity contribution >= 4 is 21.6 Å². The summed E-state index contributed by atoms with van der Waals surface area (Å²) in [6.07, 6.45) is 2.23. The third kappa shape index (κ3) is 2.42. The van der Waals surface area contributed by atoms with Crippen molar-refractivity contribution < 1.29 is 4.74 Å². The summed E-state index contributed by atoms with van der Waals surface area (Å²) in [5.41, 5.74) is 5.13. The molecule has 1 atom stereocenters. The van der Waals surface area contributed by atoms with Gasteiger partial charge in [-0.3, -0.25) is 0 Å². The Balaban J connectivity index is 1.91. The van der Waals surface area contributed by atoms with Gasteiger partial charge in [0.25, 0.3) is 0 Å². The van der Waals surface area contributed by atoms with Crippen LogP contribution in [0.2, 0.25) is 0 Å². The van der Waals surface area contributed by atoms with Crippen LogP contribution in [-0.4, -0.2) is 7.11 Å². The minimum absolute atomic E-state index is 0.359. The van der Waals surface area contributed by atoms with Crippen molar-refractivity contribution in [3.63, 3.8) is 0 Å². The highest BCUT2D eigenvalue weighted by atomic mass is 79.9. The monoisotopic (exact) mass is 331 g/mol. The van der Waals surface area contributed by atoms with E-state index in [1.807, 2.05) is 6.07 Å². The topological polar surface area (TPSA) is 21.3 Å². The predicted molar refractivity (Wildman–Crippen MR) is 86.6 cm³/mol. The fourth-order valence-electron chi connectivity index (χ4n) is 2.88. The van der Waals surface area contributed by atoms with Crippen LogP contribution in [-0.2, 0) is 6.42 Å². The molecule has 0 fully saturated rings. The highest BCUT2D eigenvalue weighted by molar-refractivity contribution is 9.10. The zero-order valence-electron chi connectivity index (χ0n) is 11.7. The lowest BCUT2D eigenvalue weighted by Crippen LogP contribution is -2.08. The number of hydrogen-bond donors (Lipinski definition) is 1. The van der Waals surface area contributed by atoms with E-state index in [0.29, 0.717) is 6.04 Å². The number of hydrogen-bond acceptors (Lipinski definition) is 2. The molecule has 104 valence electrons. The average Bonchev–Trinajstić information content (AvgIpc) is 2.84. The number of aryl methyl sites for hydroxylation is 1. The molecule has 20 heavy (non-hydrogen) atoms. The minimum atomic E-state index is 0.359. The molecule has 0 saturated carbocycles. The normalized spacial score (nSPS) is 16.9. The molecule has 0 aliphatic heterocycles. The number of anilines is 1. The molecule has 1 aliphatic rings. The van der Waals surface area contributed by atoms with Gasteiger partial charge in [-0.25, -0.2) is 0 Å². The van der Waals surface area contributed by atoms with E-state index in [9.17, 15) is 0 Å². The fourth-order valence-corrected chi connectivity index (χ4v) is 3.46. The number of rotatable bonds is 3. The second kappa shape index (κ2) is 5.49. The largest absolute Gasteiger partial charge is 0.495 e. The Labute approximate surface area is 128 Å². The maximum absolute atomic E-state index is 5.45. The van der Waals surface area contributed by atoms with Gasteiger partial charge in [0.2, 0.25) is 0 Å². The molecule has 2 nitrogen and oxygen atoms in total. The first-order chi connectivity index (χ1) is 9.69. The Morgan fingerprint density at radius 3 is 2.90 bits per heavy atom. The summed E-state index contributed by atoms with van der Waals surface area (Å²) in [6.45, 7) is 2.10.